The van der Waals surface area contributed by atoms with Gasteiger partial charge in [-0.2, -0.15) is 5.10 Å². The third-order valence-electron chi connectivity index (χ3n) is 2.32. The van der Waals surface area contributed by atoms with Crippen LogP contribution in [0.25, 0.3) is 0 Å². The first-order chi connectivity index (χ1) is 6.45. The number of primary amides is 1. The van der Waals surface area contributed by atoms with Crippen LogP contribution in [0.15, 0.2) is 5.10 Å². The first kappa shape index (κ1) is 10.5. The van der Waals surface area contributed by atoms with Gasteiger partial charge >= 0.3 is 5.97 Å². The third kappa shape index (κ3) is 1.23. The lowest BCUT2D eigenvalue weighted by Crippen LogP contribution is -2.58. The first-order valence-electron chi connectivity index (χ1n) is 4.11. The second-order valence-electron chi connectivity index (χ2n) is 3.25. The Balaban J connectivity index is 3.09. The van der Waals surface area contributed by atoms with Gasteiger partial charge in [0.1, 0.15) is 0 Å². The molecule has 0 aromatic carbocycles. The van der Waals surface area contributed by atoms with E-state index < -0.39 is 17.4 Å². The summed E-state index contributed by atoms with van der Waals surface area (Å²) in [6, 6.07) is 0. The van der Waals surface area contributed by atoms with Crippen molar-refractivity contribution in [2.75, 3.05) is 14.2 Å². The highest BCUT2D eigenvalue weighted by atomic mass is 16.5. The lowest BCUT2D eigenvalue weighted by Gasteiger charge is -2.28. The number of carbonyl (C=O) groups is 2. The van der Waals surface area contributed by atoms with Crippen molar-refractivity contribution in [2.45, 2.75) is 18.9 Å². The van der Waals surface area contributed by atoms with Gasteiger partial charge in [0.2, 0.25) is 5.54 Å². The van der Waals surface area contributed by atoms with Gasteiger partial charge in [-0.15, -0.1) is 0 Å². The molecule has 0 fully saturated rings. The summed E-state index contributed by atoms with van der Waals surface area (Å²) in [5, 5.41) is 5.24. The summed E-state index contributed by atoms with van der Waals surface area (Å²) in [6.45, 7) is 1.73. The molecule has 1 atom stereocenters. The predicted molar refractivity (Wildman–Crippen MR) is 49.4 cm³/mol. The highest BCUT2D eigenvalue weighted by molar-refractivity contribution is 6.11. The van der Waals surface area contributed by atoms with Crippen molar-refractivity contribution in [1.82, 2.24) is 5.01 Å². The summed E-state index contributed by atoms with van der Waals surface area (Å²) in [6.07, 6.45) is 0.186. The predicted octanol–water partition coefficient (Wildman–Crippen LogP) is -0.905. The minimum atomic E-state index is -1.46. The van der Waals surface area contributed by atoms with Crippen molar-refractivity contribution in [1.29, 1.82) is 0 Å². The Hall–Kier alpha value is -1.59. The molecular weight excluding hydrogens is 186 g/mol. The fourth-order valence-corrected chi connectivity index (χ4v) is 1.58. The number of hydrogen-bond donors (Lipinski definition) is 1. The largest absolute Gasteiger partial charge is 0.467 e. The molecule has 0 saturated heterocycles. The Labute approximate surface area is 81.7 Å². The van der Waals surface area contributed by atoms with Gasteiger partial charge in [0.25, 0.3) is 5.91 Å². The summed E-state index contributed by atoms with van der Waals surface area (Å²) in [4.78, 5) is 22.8. The third-order valence-corrected chi connectivity index (χ3v) is 2.32. The van der Waals surface area contributed by atoms with Crippen LogP contribution in [0.2, 0.25) is 0 Å². The zero-order valence-corrected chi connectivity index (χ0v) is 8.40. The summed E-state index contributed by atoms with van der Waals surface area (Å²) in [5.41, 5.74) is 4.43. The molecule has 0 radical (unpaired) electrons. The number of methoxy groups -OCH3 is 1. The monoisotopic (exact) mass is 199 g/mol. The summed E-state index contributed by atoms with van der Waals surface area (Å²) < 4.78 is 4.56. The summed E-state index contributed by atoms with van der Waals surface area (Å²) in [7, 11) is 2.74. The molecule has 1 aliphatic heterocycles. The number of hydrogen-bond acceptors (Lipinski definition) is 5. The fraction of sp³-hybridized carbons (Fsp3) is 0.625. The number of carbonyl (C=O) groups excluding carboxylic acids is 2. The number of likely N-dealkylation sites (N-methyl/N-ethyl adjacent to an activating group) is 1. The number of rotatable bonds is 2. The number of esters is 1. The van der Waals surface area contributed by atoms with E-state index in [1.807, 2.05) is 0 Å². The number of amides is 1. The smallest absolute Gasteiger partial charge is 0.343 e. The van der Waals surface area contributed by atoms with E-state index in [0.717, 1.165) is 0 Å². The molecule has 0 aliphatic carbocycles. The lowest BCUT2D eigenvalue weighted by atomic mass is 9.93. The van der Waals surface area contributed by atoms with Gasteiger partial charge in [-0.3, -0.25) is 9.80 Å². The molecule has 78 valence electrons. The van der Waals surface area contributed by atoms with E-state index in [1.54, 1.807) is 6.92 Å². The van der Waals surface area contributed by atoms with Crippen molar-refractivity contribution in [3.05, 3.63) is 0 Å². The van der Waals surface area contributed by atoms with E-state index in [9.17, 15) is 9.59 Å². The number of nitrogens with two attached hydrogens (primary N) is 1. The SMILES string of the molecule is COC(=O)C1(C(N)=O)CC(C)=NN1C. The number of ether oxygens (including phenoxy) is 1. The van der Waals surface area contributed by atoms with Crippen molar-refractivity contribution in [2.24, 2.45) is 10.8 Å². The molecule has 6 nitrogen and oxygen atoms in total. The van der Waals surface area contributed by atoms with Crippen LogP contribution >= 0.6 is 0 Å². The second kappa shape index (κ2) is 3.28. The molecule has 2 N–H and O–H groups in total. The van der Waals surface area contributed by atoms with E-state index in [2.05, 4.69) is 9.84 Å². The highest BCUT2D eigenvalue weighted by Crippen LogP contribution is 2.27. The molecule has 1 amide bonds. The molecule has 0 saturated carbocycles. The van der Waals surface area contributed by atoms with Gasteiger partial charge in [0.15, 0.2) is 0 Å². The van der Waals surface area contributed by atoms with Gasteiger partial charge in [0.05, 0.1) is 7.11 Å². The summed E-state index contributed by atoms with van der Waals surface area (Å²) >= 11 is 0. The summed E-state index contributed by atoms with van der Waals surface area (Å²) in [5.74, 6) is -1.42. The normalized spacial score (nSPS) is 25.9. The quantitative estimate of drug-likeness (QED) is 0.461. The average Bonchev–Trinajstić information content (AvgIpc) is 2.41. The Morgan fingerprint density at radius 1 is 1.64 bits per heavy atom. The van der Waals surface area contributed by atoms with Gasteiger partial charge in [-0.05, 0) is 6.92 Å². The van der Waals surface area contributed by atoms with Crippen LogP contribution < -0.4 is 5.73 Å². The molecule has 1 heterocycles. The maximum Gasteiger partial charge on any atom is 0.343 e. The zero-order chi connectivity index (χ0) is 10.9. The Morgan fingerprint density at radius 2 is 2.21 bits per heavy atom. The zero-order valence-electron chi connectivity index (χ0n) is 8.40. The van der Waals surface area contributed by atoms with Crippen LogP contribution in [0, 0.1) is 0 Å². The van der Waals surface area contributed by atoms with E-state index in [1.165, 1.54) is 19.2 Å². The van der Waals surface area contributed by atoms with Crippen molar-refractivity contribution < 1.29 is 14.3 Å². The van der Waals surface area contributed by atoms with Gasteiger partial charge in [0, 0.05) is 19.2 Å². The Morgan fingerprint density at radius 3 is 2.50 bits per heavy atom. The molecule has 1 aliphatic rings. The van der Waals surface area contributed by atoms with E-state index >= 15 is 0 Å². The number of hydrazone groups is 1. The Kier molecular flexibility index (Phi) is 2.46. The molecule has 0 aromatic heterocycles. The number of nitrogens with zero attached hydrogens (tertiary/aromatic N) is 2. The molecule has 6 heteroatoms. The van der Waals surface area contributed by atoms with Crippen LogP contribution in [0.4, 0.5) is 0 Å². The van der Waals surface area contributed by atoms with E-state index in [-0.39, 0.29) is 6.42 Å². The maximum absolute atomic E-state index is 11.5. The van der Waals surface area contributed by atoms with Gasteiger partial charge < -0.3 is 10.5 Å². The molecule has 0 spiro atoms. The van der Waals surface area contributed by atoms with Crippen LogP contribution in [0.3, 0.4) is 0 Å². The Bertz CT molecular complexity index is 313. The maximum atomic E-state index is 11.5. The van der Waals surface area contributed by atoms with Gasteiger partial charge in [-0.25, -0.2) is 4.79 Å². The van der Waals surface area contributed by atoms with Crippen LogP contribution in [0.5, 0.6) is 0 Å². The molecular formula is C8H13N3O3. The topological polar surface area (TPSA) is 85.0 Å². The molecule has 0 bridgehead atoms. The van der Waals surface area contributed by atoms with Crippen molar-refractivity contribution in [3.63, 3.8) is 0 Å². The fourth-order valence-electron chi connectivity index (χ4n) is 1.58. The van der Waals surface area contributed by atoms with Crippen molar-refractivity contribution >= 4 is 17.6 Å². The van der Waals surface area contributed by atoms with E-state index in [4.69, 9.17) is 5.73 Å². The second-order valence-corrected chi connectivity index (χ2v) is 3.25. The van der Waals surface area contributed by atoms with E-state index in [0.29, 0.717) is 5.71 Å². The highest BCUT2D eigenvalue weighted by Gasteiger charge is 2.53. The van der Waals surface area contributed by atoms with Crippen LogP contribution in [-0.2, 0) is 14.3 Å². The molecule has 1 rings (SSSR count). The minimum absolute atomic E-state index is 0.186. The first-order valence-corrected chi connectivity index (χ1v) is 4.11. The minimum Gasteiger partial charge on any atom is -0.467 e. The van der Waals surface area contributed by atoms with Gasteiger partial charge in [-0.1, -0.05) is 0 Å². The lowest BCUT2D eigenvalue weighted by molar-refractivity contribution is -0.158. The van der Waals surface area contributed by atoms with Crippen molar-refractivity contribution in [3.8, 4) is 0 Å². The average molecular weight is 199 g/mol. The molecule has 0 aromatic rings. The molecule has 14 heavy (non-hydrogen) atoms. The van der Waals surface area contributed by atoms with Crippen LogP contribution in [-0.4, -0.2) is 42.3 Å². The molecule has 1 unspecified atom stereocenters. The van der Waals surface area contributed by atoms with Crippen LogP contribution in [0.1, 0.15) is 13.3 Å². The standard InChI is InChI=1S/C8H13N3O3/c1-5-4-8(6(9)12,7(13)14-3)11(2)10-5/h4H2,1-3H3,(H2,9,12).